The van der Waals surface area contributed by atoms with Crippen molar-refractivity contribution in [2.24, 2.45) is 0 Å². The third kappa shape index (κ3) is 3.21. The molecule has 0 aliphatic carbocycles. The summed E-state index contributed by atoms with van der Waals surface area (Å²) in [6.45, 7) is 6.66. The Balaban J connectivity index is 1.38. The second-order valence-electron chi connectivity index (χ2n) is 6.80. The van der Waals surface area contributed by atoms with E-state index in [2.05, 4.69) is 74.0 Å². The molecule has 4 rings (SSSR count). The van der Waals surface area contributed by atoms with Crippen LogP contribution >= 0.6 is 15.9 Å². The van der Waals surface area contributed by atoms with E-state index in [1.807, 2.05) is 6.20 Å². The average molecular weight is 372 g/mol. The Hall–Kier alpha value is -1.23. The average Bonchev–Trinajstić information content (AvgIpc) is 3.12. The molecule has 0 radical (unpaired) electrons. The molecule has 2 unspecified atom stereocenters. The lowest BCUT2D eigenvalue weighted by Gasteiger charge is -2.34. The maximum absolute atomic E-state index is 4.52. The van der Waals surface area contributed by atoms with Crippen molar-refractivity contribution in [3.05, 3.63) is 63.9 Å². The van der Waals surface area contributed by atoms with Crippen LogP contribution in [0.3, 0.4) is 0 Å². The highest BCUT2D eigenvalue weighted by atomic mass is 79.9. The van der Waals surface area contributed by atoms with E-state index in [0.29, 0.717) is 12.1 Å². The number of halogens is 1. The molecule has 4 heteroatoms. The Bertz CT molecular complexity index is 685. The van der Waals surface area contributed by atoms with Crippen molar-refractivity contribution in [2.75, 3.05) is 13.1 Å². The number of aryl methyl sites for hydroxylation is 1. The molecule has 3 heterocycles. The molecule has 3 nitrogen and oxygen atoms in total. The summed E-state index contributed by atoms with van der Waals surface area (Å²) < 4.78 is 1.05. The Morgan fingerprint density at radius 1 is 1.04 bits per heavy atom. The first-order valence-electron chi connectivity index (χ1n) is 8.32. The van der Waals surface area contributed by atoms with Gasteiger partial charge in [-0.15, -0.1) is 0 Å². The summed E-state index contributed by atoms with van der Waals surface area (Å²) in [5.41, 5.74) is 4.05. The minimum atomic E-state index is 0.689. The van der Waals surface area contributed by atoms with Crippen LogP contribution in [-0.2, 0) is 13.1 Å². The number of piperazine rings is 1. The molecule has 2 aliphatic rings. The lowest BCUT2D eigenvalue weighted by molar-refractivity contribution is 0.117. The fourth-order valence-electron chi connectivity index (χ4n) is 3.93. The predicted molar refractivity (Wildman–Crippen MR) is 96.1 cm³/mol. The van der Waals surface area contributed by atoms with Crippen molar-refractivity contribution in [1.29, 1.82) is 0 Å². The molecular weight excluding hydrogens is 350 g/mol. The van der Waals surface area contributed by atoms with Crippen LogP contribution in [-0.4, -0.2) is 40.0 Å². The van der Waals surface area contributed by atoms with Crippen LogP contribution in [0.4, 0.5) is 0 Å². The number of aromatic nitrogens is 1. The zero-order valence-corrected chi connectivity index (χ0v) is 15.0. The van der Waals surface area contributed by atoms with Crippen LogP contribution in [0.5, 0.6) is 0 Å². The van der Waals surface area contributed by atoms with Crippen molar-refractivity contribution in [3.63, 3.8) is 0 Å². The summed E-state index contributed by atoms with van der Waals surface area (Å²) in [6.07, 6.45) is 3.20. The molecule has 1 aromatic carbocycles. The number of benzene rings is 1. The fraction of sp³-hybridized carbons (Fsp3) is 0.421. The molecule has 120 valence electrons. The van der Waals surface area contributed by atoms with Crippen molar-refractivity contribution < 1.29 is 0 Å². The van der Waals surface area contributed by atoms with E-state index in [4.69, 9.17) is 0 Å². The van der Waals surface area contributed by atoms with Crippen molar-refractivity contribution in [3.8, 4) is 0 Å². The Morgan fingerprint density at radius 2 is 1.78 bits per heavy atom. The summed E-state index contributed by atoms with van der Waals surface area (Å²) in [5, 5.41) is 0. The van der Waals surface area contributed by atoms with E-state index >= 15 is 0 Å². The first-order valence-corrected chi connectivity index (χ1v) is 9.11. The fourth-order valence-corrected chi connectivity index (χ4v) is 4.17. The molecule has 2 aromatic rings. The molecule has 23 heavy (non-hydrogen) atoms. The number of rotatable bonds is 4. The molecule has 0 N–H and O–H groups in total. The van der Waals surface area contributed by atoms with Gasteiger partial charge in [-0.05, 0) is 52.5 Å². The standard InChI is InChI=1S/C19H22BrN3/c1-14-4-2-3-5-15(14)10-22-12-19-8-18(22)13-23(19)11-17-7-6-16(20)9-21-17/h2-7,9,18-19H,8,10-13H2,1H3. The molecular formula is C19H22BrN3. The second kappa shape index (κ2) is 6.34. The maximum Gasteiger partial charge on any atom is 0.0544 e. The van der Waals surface area contributed by atoms with Gasteiger partial charge in [-0.25, -0.2) is 0 Å². The van der Waals surface area contributed by atoms with Crippen LogP contribution in [0.2, 0.25) is 0 Å². The van der Waals surface area contributed by atoms with Crippen LogP contribution in [0.1, 0.15) is 23.2 Å². The summed E-state index contributed by atoms with van der Waals surface area (Å²) in [6, 6.07) is 14.4. The lowest BCUT2D eigenvalue weighted by atomic mass is 10.1. The van der Waals surface area contributed by atoms with Crippen LogP contribution in [0.25, 0.3) is 0 Å². The third-order valence-electron chi connectivity index (χ3n) is 5.26. The zero-order valence-electron chi connectivity index (χ0n) is 13.5. The van der Waals surface area contributed by atoms with Gasteiger partial charge < -0.3 is 0 Å². The van der Waals surface area contributed by atoms with Gasteiger partial charge in [-0.3, -0.25) is 14.8 Å². The van der Waals surface area contributed by atoms with Crippen LogP contribution in [0.15, 0.2) is 47.1 Å². The van der Waals surface area contributed by atoms with Gasteiger partial charge in [0.05, 0.1) is 5.69 Å². The largest absolute Gasteiger partial charge is 0.293 e. The minimum Gasteiger partial charge on any atom is -0.293 e. The van der Waals surface area contributed by atoms with Crippen molar-refractivity contribution >= 4 is 15.9 Å². The van der Waals surface area contributed by atoms with E-state index in [9.17, 15) is 0 Å². The highest BCUT2D eigenvalue weighted by molar-refractivity contribution is 9.10. The van der Waals surface area contributed by atoms with Crippen LogP contribution < -0.4 is 0 Å². The van der Waals surface area contributed by atoms with Gasteiger partial charge in [0.1, 0.15) is 0 Å². The quantitative estimate of drug-likeness (QED) is 0.818. The van der Waals surface area contributed by atoms with Crippen molar-refractivity contribution in [2.45, 2.75) is 38.5 Å². The number of hydrogen-bond donors (Lipinski definition) is 0. The van der Waals surface area contributed by atoms with Gasteiger partial charge in [0.2, 0.25) is 0 Å². The van der Waals surface area contributed by atoms with E-state index in [1.165, 1.54) is 36.3 Å². The van der Waals surface area contributed by atoms with Crippen LogP contribution in [0, 0.1) is 6.92 Å². The zero-order chi connectivity index (χ0) is 15.8. The molecule has 2 aliphatic heterocycles. The molecule has 0 amide bonds. The topological polar surface area (TPSA) is 19.4 Å². The van der Waals surface area contributed by atoms with E-state index < -0.39 is 0 Å². The molecule has 2 fully saturated rings. The molecule has 0 saturated carbocycles. The summed E-state index contributed by atoms with van der Waals surface area (Å²) in [7, 11) is 0. The normalized spacial score (nSPS) is 24.4. The molecule has 1 aromatic heterocycles. The van der Waals surface area contributed by atoms with Gasteiger partial charge in [0, 0.05) is 48.9 Å². The summed E-state index contributed by atoms with van der Waals surface area (Å²) in [5.74, 6) is 0. The summed E-state index contributed by atoms with van der Waals surface area (Å²) >= 11 is 3.45. The van der Waals surface area contributed by atoms with Crippen molar-refractivity contribution in [1.82, 2.24) is 14.8 Å². The Kier molecular flexibility index (Phi) is 4.22. The van der Waals surface area contributed by atoms with Gasteiger partial charge in [-0.2, -0.15) is 0 Å². The van der Waals surface area contributed by atoms with E-state index in [-0.39, 0.29) is 0 Å². The highest BCUT2D eigenvalue weighted by Crippen LogP contribution is 2.33. The highest BCUT2D eigenvalue weighted by Gasteiger charge is 2.42. The number of fused-ring (bicyclic) bond motifs is 2. The molecule has 2 bridgehead atoms. The lowest BCUT2D eigenvalue weighted by Crippen LogP contribution is -2.45. The number of nitrogens with zero attached hydrogens (tertiary/aromatic N) is 3. The Morgan fingerprint density at radius 3 is 2.43 bits per heavy atom. The number of likely N-dealkylation sites (tertiary alicyclic amines) is 2. The first kappa shape index (κ1) is 15.3. The van der Waals surface area contributed by atoms with Gasteiger partial charge in [0.15, 0.2) is 0 Å². The number of pyridine rings is 1. The SMILES string of the molecule is Cc1ccccc1CN1CC2CC1CN2Cc1ccc(Br)cn1. The van der Waals surface area contributed by atoms with E-state index in [0.717, 1.165) is 17.6 Å². The van der Waals surface area contributed by atoms with Gasteiger partial charge in [0.25, 0.3) is 0 Å². The van der Waals surface area contributed by atoms with Gasteiger partial charge in [-0.1, -0.05) is 24.3 Å². The maximum atomic E-state index is 4.52. The predicted octanol–water partition coefficient (Wildman–Crippen LogP) is 3.61. The smallest absolute Gasteiger partial charge is 0.0544 e. The van der Waals surface area contributed by atoms with E-state index in [1.54, 1.807) is 0 Å². The minimum absolute atomic E-state index is 0.689. The number of hydrogen-bond acceptors (Lipinski definition) is 3. The second-order valence-corrected chi connectivity index (χ2v) is 7.71. The molecule has 0 spiro atoms. The summed E-state index contributed by atoms with van der Waals surface area (Å²) in [4.78, 5) is 9.79. The molecule has 2 atom stereocenters. The Labute approximate surface area is 146 Å². The first-order chi connectivity index (χ1) is 11.2. The third-order valence-corrected chi connectivity index (χ3v) is 5.72. The molecule has 2 saturated heterocycles. The monoisotopic (exact) mass is 371 g/mol. The van der Waals surface area contributed by atoms with Gasteiger partial charge >= 0.3 is 0 Å².